The average Bonchev–Trinajstić information content (AvgIpc) is 3.04. The van der Waals surface area contributed by atoms with Gasteiger partial charge in [-0.05, 0) is 69.0 Å². The minimum atomic E-state index is -0.123. The van der Waals surface area contributed by atoms with Crippen LogP contribution in [0.25, 0.3) is 5.69 Å². The summed E-state index contributed by atoms with van der Waals surface area (Å²) in [7, 11) is 0. The number of hydrogen-bond acceptors (Lipinski definition) is 3. The molecule has 4 rings (SSSR count). The largest absolute Gasteiger partial charge is 0.372 e. The van der Waals surface area contributed by atoms with Crippen LogP contribution < -0.4 is 10.2 Å². The van der Waals surface area contributed by atoms with E-state index in [-0.39, 0.29) is 5.91 Å². The number of nitrogens with one attached hydrogen (secondary N) is 1. The number of carbonyl (C=O) groups is 1. The molecular formula is C24H28N4O. The second-order valence-electron chi connectivity index (χ2n) is 7.96. The van der Waals surface area contributed by atoms with E-state index in [0.717, 1.165) is 41.8 Å². The zero-order valence-corrected chi connectivity index (χ0v) is 17.4. The van der Waals surface area contributed by atoms with E-state index in [0.29, 0.717) is 5.56 Å². The van der Waals surface area contributed by atoms with E-state index in [1.54, 1.807) is 0 Å². The molecule has 1 aliphatic rings. The molecule has 2 aromatic carbocycles. The Morgan fingerprint density at radius 3 is 2.28 bits per heavy atom. The third-order valence-electron chi connectivity index (χ3n) is 5.79. The van der Waals surface area contributed by atoms with E-state index in [9.17, 15) is 4.79 Å². The number of para-hydroxylation sites is 1. The summed E-state index contributed by atoms with van der Waals surface area (Å²) in [5.41, 5.74) is 5.16. The number of carbonyl (C=O) groups excluding carboxylic acids is 1. The van der Waals surface area contributed by atoms with Crippen LogP contribution in [-0.4, -0.2) is 28.8 Å². The van der Waals surface area contributed by atoms with Crippen LogP contribution in [-0.2, 0) is 0 Å². The van der Waals surface area contributed by atoms with Crippen molar-refractivity contribution < 1.29 is 4.79 Å². The van der Waals surface area contributed by atoms with Gasteiger partial charge >= 0.3 is 0 Å². The van der Waals surface area contributed by atoms with Crippen molar-refractivity contribution >= 4 is 17.3 Å². The number of piperidine rings is 1. The normalized spacial score (nSPS) is 14.8. The fraction of sp³-hybridized carbons (Fsp3) is 0.333. The van der Waals surface area contributed by atoms with Crippen LogP contribution in [0.1, 0.15) is 41.5 Å². The highest BCUT2D eigenvalue weighted by molar-refractivity contribution is 6.06. The van der Waals surface area contributed by atoms with Crippen LogP contribution in [0.3, 0.4) is 0 Å². The molecule has 0 bridgehead atoms. The second-order valence-corrected chi connectivity index (χ2v) is 7.96. The number of benzene rings is 2. The Morgan fingerprint density at radius 2 is 1.62 bits per heavy atom. The molecule has 0 saturated carbocycles. The number of aryl methyl sites for hydroxylation is 1. The zero-order chi connectivity index (χ0) is 20.4. The molecule has 150 valence electrons. The lowest BCUT2D eigenvalue weighted by Gasteiger charge is -2.32. The average molecular weight is 389 g/mol. The van der Waals surface area contributed by atoms with Gasteiger partial charge in [0, 0.05) is 24.5 Å². The molecule has 1 aliphatic heterocycles. The van der Waals surface area contributed by atoms with Crippen molar-refractivity contribution in [2.45, 2.75) is 33.6 Å². The molecule has 0 spiro atoms. The van der Waals surface area contributed by atoms with E-state index in [1.165, 1.54) is 18.5 Å². The van der Waals surface area contributed by atoms with Crippen LogP contribution in [0.2, 0.25) is 0 Å². The van der Waals surface area contributed by atoms with Crippen molar-refractivity contribution in [3.63, 3.8) is 0 Å². The molecule has 0 radical (unpaired) electrons. The Balaban J connectivity index is 1.49. The lowest BCUT2D eigenvalue weighted by molar-refractivity contribution is 0.102. The van der Waals surface area contributed by atoms with Crippen LogP contribution in [0.15, 0.2) is 54.6 Å². The SMILES string of the molecule is Cc1nn(-c2ccccc2)c(C)c1C(=O)Nc1ccc(N2CCC(C)CC2)cc1. The maximum Gasteiger partial charge on any atom is 0.259 e. The Bertz CT molecular complexity index is 984. The molecule has 0 unspecified atom stereocenters. The molecule has 2 heterocycles. The minimum absolute atomic E-state index is 0.123. The highest BCUT2D eigenvalue weighted by Crippen LogP contribution is 2.25. The standard InChI is InChI=1S/C24H28N4O/c1-17-13-15-27(16-14-17)21-11-9-20(10-12-21)25-24(29)23-18(2)26-28(19(23)3)22-7-5-4-6-8-22/h4-12,17H,13-16H2,1-3H3,(H,25,29). The van der Waals surface area contributed by atoms with Crippen molar-refractivity contribution in [1.29, 1.82) is 0 Å². The van der Waals surface area contributed by atoms with Gasteiger partial charge in [-0.15, -0.1) is 0 Å². The van der Waals surface area contributed by atoms with Crippen LogP contribution in [0.4, 0.5) is 11.4 Å². The molecule has 1 amide bonds. The van der Waals surface area contributed by atoms with Gasteiger partial charge < -0.3 is 10.2 Å². The third kappa shape index (κ3) is 4.04. The quantitative estimate of drug-likeness (QED) is 0.686. The smallest absolute Gasteiger partial charge is 0.259 e. The second kappa shape index (κ2) is 8.11. The van der Waals surface area contributed by atoms with Crippen molar-refractivity contribution in [1.82, 2.24) is 9.78 Å². The van der Waals surface area contributed by atoms with Crippen molar-refractivity contribution in [3.8, 4) is 5.69 Å². The van der Waals surface area contributed by atoms with Gasteiger partial charge in [-0.2, -0.15) is 5.10 Å². The Morgan fingerprint density at radius 1 is 0.966 bits per heavy atom. The lowest BCUT2D eigenvalue weighted by atomic mass is 9.99. The highest BCUT2D eigenvalue weighted by Gasteiger charge is 2.20. The topological polar surface area (TPSA) is 50.2 Å². The van der Waals surface area contributed by atoms with Gasteiger partial charge in [-0.3, -0.25) is 4.79 Å². The van der Waals surface area contributed by atoms with E-state index in [2.05, 4.69) is 34.4 Å². The number of aromatic nitrogens is 2. The first-order chi connectivity index (χ1) is 14.0. The summed E-state index contributed by atoms with van der Waals surface area (Å²) >= 11 is 0. The summed E-state index contributed by atoms with van der Waals surface area (Å²) < 4.78 is 1.82. The summed E-state index contributed by atoms with van der Waals surface area (Å²) in [6.07, 6.45) is 2.48. The first kappa shape index (κ1) is 19.2. The predicted octanol–water partition coefficient (Wildman–Crippen LogP) is 4.98. The van der Waals surface area contributed by atoms with Gasteiger partial charge in [0.05, 0.1) is 22.6 Å². The third-order valence-corrected chi connectivity index (χ3v) is 5.79. The molecular weight excluding hydrogens is 360 g/mol. The number of nitrogens with zero attached hydrogens (tertiary/aromatic N) is 3. The first-order valence-electron chi connectivity index (χ1n) is 10.3. The molecule has 29 heavy (non-hydrogen) atoms. The van der Waals surface area contributed by atoms with Crippen LogP contribution in [0.5, 0.6) is 0 Å². The van der Waals surface area contributed by atoms with Crippen LogP contribution >= 0.6 is 0 Å². The Labute approximate surface area is 172 Å². The maximum atomic E-state index is 12.9. The van der Waals surface area contributed by atoms with E-state index >= 15 is 0 Å². The van der Waals surface area contributed by atoms with Crippen molar-refractivity contribution in [3.05, 3.63) is 71.5 Å². The van der Waals surface area contributed by atoms with Gasteiger partial charge in [0.15, 0.2) is 0 Å². The molecule has 1 aromatic heterocycles. The molecule has 5 heteroatoms. The maximum absolute atomic E-state index is 12.9. The fourth-order valence-corrected chi connectivity index (χ4v) is 4.01. The minimum Gasteiger partial charge on any atom is -0.372 e. The van der Waals surface area contributed by atoms with Gasteiger partial charge in [0.25, 0.3) is 5.91 Å². The molecule has 5 nitrogen and oxygen atoms in total. The zero-order valence-electron chi connectivity index (χ0n) is 17.4. The van der Waals surface area contributed by atoms with Crippen LogP contribution in [0, 0.1) is 19.8 Å². The van der Waals surface area contributed by atoms with E-state index in [1.807, 2.05) is 61.0 Å². The molecule has 0 atom stereocenters. The molecule has 0 aliphatic carbocycles. The Kier molecular flexibility index (Phi) is 5.38. The fourth-order valence-electron chi connectivity index (χ4n) is 4.01. The van der Waals surface area contributed by atoms with Gasteiger partial charge in [0.1, 0.15) is 0 Å². The van der Waals surface area contributed by atoms with Gasteiger partial charge in [-0.25, -0.2) is 4.68 Å². The monoisotopic (exact) mass is 388 g/mol. The number of amides is 1. The summed E-state index contributed by atoms with van der Waals surface area (Å²) in [4.78, 5) is 15.4. The number of hydrogen-bond donors (Lipinski definition) is 1. The first-order valence-corrected chi connectivity index (χ1v) is 10.3. The highest BCUT2D eigenvalue weighted by atomic mass is 16.1. The molecule has 1 fully saturated rings. The summed E-state index contributed by atoms with van der Waals surface area (Å²) in [5.74, 6) is 0.690. The lowest BCUT2D eigenvalue weighted by Crippen LogP contribution is -2.32. The van der Waals surface area contributed by atoms with Gasteiger partial charge in [0.2, 0.25) is 0 Å². The molecule has 3 aromatic rings. The van der Waals surface area contributed by atoms with E-state index < -0.39 is 0 Å². The predicted molar refractivity (Wildman–Crippen MR) is 118 cm³/mol. The van der Waals surface area contributed by atoms with E-state index in [4.69, 9.17) is 0 Å². The van der Waals surface area contributed by atoms with Crippen molar-refractivity contribution in [2.75, 3.05) is 23.3 Å². The Hall–Kier alpha value is -3.08. The summed E-state index contributed by atoms with van der Waals surface area (Å²) in [5, 5.41) is 7.60. The molecule has 1 saturated heterocycles. The molecule has 1 N–H and O–H groups in total. The number of anilines is 2. The van der Waals surface area contributed by atoms with Crippen molar-refractivity contribution in [2.24, 2.45) is 5.92 Å². The summed E-state index contributed by atoms with van der Waals surface area (Å²) in [6.45, 7) is 8.33. The summed E-state index contributed by atoms with van der Waals surface area (Å²) in [6, 6.07) is 18.0. The number of rotatable bonds is 4. The van der Waals surface area contributed by atoms with Gasteiger partial charge in [-0.1, -0.05) is 25.1 Å².